The second-order valence-electron chi connectivity index (χ2n) is 2.30. The normalized spacial score (nSPS) is 10.2. The lowest BCUT2D eigenvalue weighted by molar-refractivity contribution is 0.102. The number of Topliss-reactive ketones (excluding diaryl/α,β-unsaturated/α-hetero) is 1. The Morgan fingerprint density at radius 1 is 1.31 bits per heavy atom. The van der Waals surface area contributed by atoms with E-state index in [0.29, 0.717) is 10.6 Å². The summed E-state index contributed by atoms with van der Waals surface area (Å²) in [5.74, 6) is -0.0294. The summed E-state index contributed by atoms with van der Waals surface area (Å²) in [6.07, 6.45) is 0. The zero-order valence-corrected chi connectivity index (χ0v) is 11.8. The minimum atomic E-state index is -0.0294. The summed E-state index contributed by atoms with van der Waals surface area (Å²) < 4.78 is 1.66. The Morgan fingerprint density at radius 3 is 2.38 bits per heavy atom. The molecular weight excluding hydrogens is 387 g/mol. The van der Waals surface area contributed by atoms with Crippen molar-refractivity contribution >= 4 is 65.2 Å². The third-order valence-corrected chi connectivity index (χ3v) is 4.10. The Kier molecular flexibility index (Phi) is 4.42. The molecule has 1 aromatic carbocycles. The van der Waals surface area contributed by atoms with Gasteiger partial charge in [0.05, 0.1) is 10.4 Å². The van der Waals surface area contributed by atoms with Crippen molar-refractivity contribution in [2.75, 3.05) is 5.33 Å². The quantitative estimate of drug-likeness (QED) is 0.414. The van der Waals surface area contributed by atoms with Crippen molar-refractivity contribution < 1.29 is 4.79 Å². The van der Waals surface area contributed by atoms with Crippen molar-refractivity contribution in [3.05, 3.63) is 31.7 Å². The molecule has 1 nitrogen and oxygen atoms in total. The molecular formula is C8H4Br3ClO. The fraction of sp³-hybridized carbons (Fsp3) is 0.125. The molecule has 0 heterocycles. The van der Waals surface area contributed by atoms with Gasteiger partial charge in [-0.05, 0) is 44.0 Å². The molecule has 0 spiro atoms. The van der Waals surface area contributed by atoms with E-state index in [9.17, 15) is 4.79 Å². The SMILES string of the molecule is O=C(CBr)c1cc(Br)c(Br)cc1Cl. The predicted molar refractivity (Wildman–Crippen MR) is 65.0 cm³/mol. The van der Waals surface area contributed by atoms with Gasteiger partial charge < -0.3 is 0 Å². The van der Waals surface area contributed by atoms with Crippen molar-refractivity contribution in [1.29, 1.82) is 0 Å². The minimum absolute atomic E-state index is 0.0294. The summed E-state index contributed by atoms with van der Waals surface area (Å²) in [7, 11) is 0. The van der Waals surface area contributed by atoms with Gasteiger partial charge in [-0.3, -0.25) is 4.79 Å². The van der Waals surface area contributed by atoms with Crippen LogP contribution in [0, 0.1) is 0 Å². The van der Waals surface area contributed by atoms with E-state index in [1.165, 1.54) is 0 Å². The molecule has 0 aliphatic heterocycles. The van der Waals surface area contributed by atoms with Gasteiger partial charge in [0.2, 0.25) is 0 Å². The summed E-state index contributed by atoms with van der Waals surface area (Å²) >= 11 is 15.6. The Morgan fingerprint density at radius 2 is 1.85 bits per heavy atom. The zero-order chi connectivity index (χ0) is 10.0. The van der Waals surface area contributed by atoms with E-state index >= 15 is 0 Å². The van der Waals surface area contributed by atoms with Crippen molar-refractivity contribution in [3.63, 3.8) is 0 Å². The van der Waals surface area contributed by atoms with E-state index in [1.807, 2.05) is 0 Å². The molecule has 0 unspecified atom stereocenters. The highest BCUT2D eigenvalue weighted by Crippen LogP contribution is 2.29. The smallest absolute Gasteiger partial charge is 0.174 e. The number of carbonyl (C=O) groups excluding carboxylic acids is 1. The molecule has 0 radical (unpaired) electrons. The molecule has 13 heavy (non-hydrogen) atoms. The van der Waals surface area contributed by atoms with E-state index in [4.69, 9.17) is 11.6 Å². The fourth-order valence-corrected chi connectivity index (χ4v) is 2.20. The summed E-state index contributed by atoms with van der Waals surface area (Å²) in [6, 6.07) is 3.40. The van der Waals surface area contributed by atoms with Crippen LogP contribution < -0.4 is 0 Å². The number of benzene rings is 1. The molecule has 0 amide bonds. The van der Waals surface area contributed by atoms with Crippen molar-refractivity contribution in [2.45, 2.75) is 0 Å². The highest BCUT2D eigenvalue weighted by Gasteiger charge is 2.11. The second kappa shape index (κ2) is 4.91. The lowest BCUT2D eigenvalue weighted by Crippen LogP contribution is -2.00. The van der Waals surface area contributed by atoms with Crippen LogP contribution in [0.1, 0.15) is 10.4 Å². The van der Waals surface area contributed by atoms with Gasteiger partial charge in [0.15, 0.2) is 5.78 Å². The summed E-state index contributed by atoms with van der Waals surface area (Å²) in [5.41, 5.74) is 0.522. The van der Waals surface area contributed by atoms with Crippen LogP contribution >= 0.6 is 59.4 Å². The monoisotopic (exact) mass is 388 g/mol. The van der Waals surface area contributed by atoms with E-state index in [-0.39, 0.29) is 11.1 Å². The van der Waals surface area contributed by atoms with Gasteiger partial charge in [0.1, 0.15) is 0 Å². The van der Waals surface area contributed by atoms with Gasteiger partial charge in [0.25, 0.3) is 0 Å². The molecule has 5 heteroatoms. The van der Waals surface area contributed by atoms with Gasteiger partial charge in [-0.15, -0.1) is 0 Å². The Labute approximate surface area is 106 Å². The van der Waals surface area contributed by atoms with Crippen LogP contribution in [-0.4, -0.2) is 11.1 Å². The van der Waals surface area contributed by atoms with Crippen LogP contribution in [0.25, 0.3) is 0 Å². The molecule has 0 aliphatic carbocycles. The first-order chi connectivity index (χ1) is 6.06. The minimum Gasteiger partial charge on any atom is -0.293 e. The maximum absolute atomic E-state index is 11.3. The van der Waals surface area contributed by atoms with Gasteiger partial charge >= 0.3 is 0 Å². The number of hydrogen-bond donors (Lipinski definition) is 0. The molecule has 0 aliphatic rings. The second-order valence-corrected chi connectivity index (χ2v) is 4.98. The molecule has 0 N–H and O–H groups in total. The number of ketones is 1. The average Bonchev–Trinajstić information content (AvgIpc) is 2.10. The van der Waals surface area contributed by atoms with Crippen molar-refractivity contribution in [2.24, 2.45) is 0 Å². The lowest BCUT2D eigenvalue weighted by atomic mass is 10.1. The number of rotatable bonds is 2. The maximum atomic E-state index is 11.3. The van der Waals surface area contributed by atoms with Crippen LogP contribution in [0.3, 0.4) is 0 Å². The van der Waals surface area contributed by atoms with E-state index in [2.05, 4.69) is 47.8 Å². The Balaban J connectivity index is 3.23. The van der Waals surface area contributed by atoms with Crippen LogP contribution in [0.2, 0.25) is 5.02 Å². The summed E-state index contributed by atoms with van der Waals surface area (Å²) in [6.45, 7) is 0. The first-order valence-electron chi connectivity index (χ1n) is 3.30. The van der Waals surface area contributed by atoms with E-state index < -0.39 is 0 Å². The van der Waals surface area contributed by atoms with Gasteiger partial charge in [-0.25, -0.2) is 0 Å². The van der Waals surface area contributed by atoms with Gasteiger partial charge in [-0.2, -0.15) is 0 Å². The third-order valence-electron chi connectivity index (χ3n) is 1.43. The molecule has 0 bridgehead atoms. The number of carbonyl (C=O) groups is 1. The average molecular weight is 391 g/mol. The highest BCUT2D eigenvalue weighted by molar-refractivity contribution is 9.13. The molecule has 0 atom stereocenters. The summed E-state index contributed by atoms with van der Waals surface area (Å²) in [5, 5.41) is 0.736. The molecule has 0 fully saturated rings. The molecule has 70 valence electrons. The van der Waals surface area contributed by atoms with Crippen LogP contribution in [0.5, 0.6) is 0 Å². The van der Waals surface area contributed by atoms with Crippen molar-refractivity contribution in [3.8, 4) is 0 Å². The highest BCUT2D eigenvalue weighted by atomic mass is 79.9. The molecule has 0 saturated heterocycles. The largest absolute Gasteiger partial charge is 0.293 e. The van der Waals surface area contributed by atoms with E-state index in [0.717, 1.165) is 8.95 Å². The Bertz CT molecular complexity index is 351. The first kappa shape index (κ1) is 11.7. The fourth-order valence-electron chi connectivity index (χ4n) is 0.808. The molecule has 0 saturated carbocycles. The van der Waals surface area contributed by atoms with Crippen LogP contribution in [-0.2, 0) is 0 Å². The first-order valence-corrected chi connectivity index (χ1v) is 6.38. The molecule has 1 aromatic rings. The van der Waals surface area contributed by atoms with Crippen LogP contribution in [0.4, 0.5) is 0 Å². The predicted octanol–water partition coefficient (Wildman–Crippen LogP) is 4.44. The standard InChI is InChI=1S/C8H4Br3ClO/c9-3-8(13)4-1-5(10)6(11)2-7(4)12/h1-2H,3H2. The molecule has 0 aromatic heterocycles. The summed E-state index contributed by atoms with van der Waals surface area (Å²) in [4.78, 5) is 11.3. The van der Waals surface area contributed by atoms with Gasteiger partial charge in [0, 0.05) is 14.5 Å². The molecule has 1 rings (SSSR count). The maximum Gasteiger partial charge on any atom is 0.174 e. The van der Waals surface area contributed by atoms with Crippen LogP contribution in [0.15, 0.2) is 21.1 Å². The Hall–Kier alpha value is 0.620. The number of halogens is 4. The van der Waals surface area contributed by atoms with E-state index in [1.54, 1.807) is 12.1 Å². The third kappa shape index (κ3) is 2.78. The van der Waals surface area contributed by atoms with Gasteiger partial charge in [-0.1, -0.05) is 27.5 Å². The number of alkyl halides is 1. The lowest BCUT2D eigenvalue weighted by Gasteiger charge is -2.03. The van der Waals surface area contributed by atoms with Crippen molar-refractivity contribution in [1.82, 2.24) is 0 Å². The number of hydrogen-bond acceptors (Lipinski definition) is 1. The topological polar surface area (TPSA) is 17.1 Å². The zero-order valence-electron chi connectivity index (χ0n) is 6.28.